The third-order valence-corrected chi connectivity index (χ3v) is 6.70. The molecule has 0 saturated carbocycles. The molecule has 0 spiro atoms. The lowest BCUT2D eigenvalue weighted by Gasteiger charge is -2.36. The van der Waals surface area contributed by atoms with Crippen molar-refractivity contribution < 1.29 is 28.5 Å². The van der Waals surface area contributed by atoms with Gasteiger partial charge in [-0.05, 0) is 37.1 Å². The normalized spacial score (nSPS) is 21.3. The fraction of sp³-hybridized carbons (Fsp3) is 0.500. The van der Waals surface area contributed by atoms with Crippen LogP contribution >= 0.6 is 0 Å². The largest absolute Gasteiger partial charge is 0.496 e. The zero-order chi connectivity index (χ0) is 26.9. The third-order valence-electron chi connectivity index (χ3n) is 6.70. The molecule has 9 nitrogen and oxygen atoms in total. The number of rotatable bonds is 7. The molecule has 0 unspecified atom stereocenters. The molecule has 37 heavy (non-hydrogen) atoms. The van der Waals surface area contributed by atoms with E-state index in [0.717, 1.165) is 17.9 Å². The summed E-state index contributed by atoms with van der Waals surface area (Å²) in [5, 5.41) is 2.76. The van der Waals surface area contributed by atoms with Crippen LogP contribution in [0.5, 0.6) is 11.5 Å². The lowest BCUT2D eigenvalue weighted by atomic mass is 10.0. The van der Waals surface area contributed by atoms with E-state index < -0.39 is 0 Å². The van der Waals surface area contributed by atoms with Gasteiger partial charge in [0.2, 0.25) is 5.91 Å². The van der Waals surface area contributed by atoms with Crippen LogP contribution in [0.1, 0.15) is 29.8 Å². The molecule has 0 fully saturated rings. The summed E-state index contributed by atoms with van der Waals surface area (Å²) >= 11 is 0. The second-order valence-corrected chi connectivity index (χ2v) is 9.53. The van der Waals surface area contributed by atoms with Crippen LogP contribution in [0.4, 0.5) is 5.69 Å². The van der Waals surface area contributed by atoms with E-state index in [1.54, 1.807) is 44.4 Å². The number of benzene rings is 2. The first-order valence-corrected chi connectivity index (χ1v) is 12.5. The van der Waals surface area contributed by atoms with Crippen LogP contribution in [0.15, 0.2) is 42.5 Å². The lowest BCUT2D eigenvalue weighted by Crippen LogP contribution is -2.46. The highest BCUT2D eigenvalue weighted by Crippen LogP contribution is 2.27. The average Bonchev–Trinajstić information content (AvgIpc) is 2.89. The summed E-state index contributed by atoms with van der Waals surface area (Å²) < 4.78 is 22.6. The molecular weight excluding hydrogens is 474 g/mol. The van der Waals surface area contributed by atoms with Crippen molar-refractivity contribution in [3.8, 4) is 11.5 Å². The van der Waals surface area contributed by atoms with Crippen LogP contribution in [0.25, 0.3) is 0 Å². The third kappa shape index (κ3) is 7.44. The summed E-state index contributed by atoms with van der Waals surface area (Å²) in [6.45, 7) is 6.39. The smallest absolute Gasteiger partial charge is 0.257 e. The quantitative estimate of drug-likeness (QED) is 0.608. The van der Waals surface area contributed by atoms with E-state index in [2.05, 4.69) is 30.1 Å². The van der Waals surface area contributed by atoms with Crippen molar-refractivity contribution in [2.45, 2.75) is 32.5 Å². The number of ether oxygens (including phenoxy) is 4. The van der Waals surface area contributed by atoms with Crippen LogP contribution in [-0.4, -0.2) is 88.4 Å². The van der Waals surface area contributed by atoms with Crippen molar-refractivity contribution >= 4 is 17.5 Å². The topological polar surface area (TPSA) is 89.6 Å². The van der Waals surface area contributed by atoms with Gasteiger partial charge in [0, 0.05) is 58.2 Å². The van der Waals surface area contributed by atoms with Gasteiger partial charge in [-0.3, -0.25) is 14.5 Å². The average molecular weight is 514 g/mol. The standard InChI is InChI=1S/C28H39N3O6/c1-19-14-31(15-21-9-7-8-10-24(21)35-5)20(2)17-37-25-12-11-22(29-27(32)18-34-4)13-23(25)28(33)30(3)16-26(19)36-6/h7-13,19-20,26H,14-18H2,1-6H3,(H,29,32)/t19-,20+,26-/m1/s1. The maximum atomic E-state index is 13.5. The predicted octanol–water partition coefficient (Wildman–Crippen LogP) is 3.29. The van der Waals surface area contributed by atoms with Crippen molar-refractivity contribution in [2.24, 2.45) is 5.92 Å². The molecule has 0 aliphatic carbocycles. The van der Waals surface area contributed by atoms with E-state index in [1.807, 2.05) is 18.2 Å². The highest BCUT2D eigenvalue weighted by Gasteiger charge is 2.29. The number of amides is 2. The summed E-state index contributed by atoms with van der Waals surface area (Å²) in [5.74, 6) is 0.943. The molecule has 0 bridgehead atoms. The van der Waals surface area contributed by atoms with Gasteiger partial charge < -0.3 is 29.2 Å². The van der Waals surface area contributed by atoms with Crippen molar-refractivity contribution in [3.05, 3.63) is 53.6 Å². The second kappa shape index (κ2) is 13.4. The minimum Gasteiger partial charge on any atom is -0.496 e. The van der Waals surface area contributed by atoms with Gasteiger partial charge in [0.25, 0.3) is 5.91 Å². The first-order valence-electron chi connectivity index (χ1n) is 12.5. The number of nitrogens with zero attached hydrogens (tertiary/aromatic N) is 2. The Balaban J connectivity index is 1.94. The molecule has 2 aromatic rings. The number of methoxy groups -OCH3 is 3. The molecule has 1 N–H and O–H groups in total. The summed E-state index contributed by atoms with van der Waals surface area (Å²) in [7, 11) is 6.57. The number of carbonyl (C=O) groups excluding carboxylic acids is 2. The van der Waals surface area contributed by atoms with Crippen molar-refractivity contribution in [3.63, 3.8) is 0 Å². The van der Waals surface area contributed by atoms with Crippen LogP contribution in [0.2, 0.25) is 0 Å². The van der Waals surface area contributed by atoms with Gasteiger partial charge >= 0.3 is 0 Å². The monoisotopic (exact) mass is 513 g/mol. The summed E-state index contributed by atoms with van der Waals surface area (Å²) in [5.41, 5.74) is 1.97. The molecule has 1 aliphatic rings. The number of para-hydroxylation sites is 1. The number of likely N-dealkylation sites (N-methyl/N-ethyl adjacent to an activating group) is 1. The molecule has 0 aromatic heterocycles. The maximum Gasteiger partial charge on any atom is 0.257 e. The van der Waals surface area contributed by atoms with E-state index >= 15 is 0 Å². The first kappa shape index (κ1) is 28.4. The molecule has 0 radical (unpaired) electrons. The highest BCUT2D eigenvalue weighted by molar-refractivity contribution is 5.99. The van der Waals surface area contributed by atoms with Crippen LogP contribution < -0.4 is 14.8 Å². The van der Waals surface area contributed by atoms with Crippen molar-refractivity contribution in [1.82, 2.24) is 9.80 Å². The predicted molar refractivity (Wildman–Crippen MR) is 142 cm³/mol. The molecule has 202 valence electrons. The van der Waals surface area contributed by atoms with Crippen molar-refractivity contribution in [2.75, 3.05) is 60.0 Å². The minimum absolute atomic E-state index is 0.0334. The fourth-order valence-corrected chi connectivity index (χ4v) is 4.53. The van der Waals surface area contributed by atoms with Crippen molar-refractivity contribution in [1.29, 1.82) is 0 Å². The fourth-order valence-electron chi connectivity index (χ4n) is 4.53. The minimum atomic E-state index is -0.300. The zero-order valence-electron chi connectivity index (χ0n) is 22.7. The zero-order valence-corrected chi connectivity index (χ0v) is 22.7. The second-order valence-electron chi connectivity index (χ2n) is 9.53. The van der Waals surface area contributed by atoms with Gasteiger partial charge in [0.15, 0.2) is 0 Å². The molecule has 3 rings (SSSR count). The van der Waals surface area contributed by atoms with Gasteiger partial charge in [0.05, 0.1) is 18.8 Å². The van der Waals surface area contributed by atoms with E-state index in [0.29, 0.717) is 36.7 Å². The van der Waals surface area contributed by atoms with Gasteiger partial charge in [0.1, 0.15) is 24.7 Å². The Bertz CT molecular complexity index is 1060. The first-order chi connectivity index (χ1) is 17.8. The summed E-state index contributed by atoms with van der Waals surface area (Å²) in [6.07, 6.45) is -0.172. The number of hydrogen-bond donors (Lipinski definition) is 1. The van der Waals surface area contributed by atoms with E-state index in [1.165, 1.54) is 7.11 Å². The molecular formula is C28H39N3O6. The highest BCUT2D eigenvalue weighted by atomic mass is 16.5. The summed E-state index contributed by atoms with van der Waals surface area (Å²) in [6, 6.07) is 13.1. The molecule has 1 heterocycles. The number of hydrogen-bond acceptors (Lipinski definition) is 7. The molecule has 2 aromatic carbocycles. The van der Waals surface area contributed by atoms with Crippen LogP contribution in [0.3, 0.4) is 0 Å². The van der Waals surface area contributed by atoms with E-state index in [-0.39, 0.29) is 36.5 Å². The lowest BCUT2D eigenvalue weighted by molar-refractivity contribution is -0.119. The van der Waals surface area contributed by atoms with E-state index in [4.69, 9.17) is 18.9 Å². The molecule has 1 aliphatic heterocycles. The SMILES string of the molecule is COCC(=O)Nc1ccc2c(c1)C(=O)N(C)C[C@@H](OC)[C@H](C)CN(Cc1ccccc1OC)[C@@H](C)CO2. The molecule has 3 atom stereocenters. The molecule has 9 heteroatoms. The number of anilines is 1. The van der Waals surface area contributed by atoms with E-state index in [9.17, 15) is 9.59 Å². The Morgan fingerprint density at radius 1 is 1.11 bits per heavy atom. The van der Waals surface area contributed by atoms with Gasteiger partial charge in [-0.25, -0.2) is 0 Å². The number of nitrogens with one attached hydrogen (secondary N) is 1. The number of carbonyl (C=O) groups is 2. The molecule has 0 saturated heterocycles. The Kier molecular flexibility index (Phi) is 10.3. The Hall–Kier alpha value is -3.14. The Morgan fingerprint density at radius 2 is 1.86 bits per heavy atom. The van der Waals surface area contributed by atoms with Gasteiger partial charge in [-0.1, -0.05) is 25.1 Å². The van der Waals surface area contributed by atoms with Gasteiger partial charge in [-0.2, -0.15) is 0 Å². The molecule has 2 amide bonds. The van der Waals surface area contributed by atoms with Gasteiger partial charge in [-0.15, -0.1) is 0 Å². The maximum absolute atomic E-state index is 13.5. The number of fused-ring (bicyclic) bond motifs is 1. The van der Waals surface area contributed by atoms with Crippen LogP contribution in [-0.2, 0) is 20.8 Å². The Morgan fingerprint density at radius 3 is 2.57 bits per heavy atom. The van der Waals surface area contributed by atoms with Crippen LogP contribution in [0, 0.1) is 5.92 Å². The Labute approximate surface area is 219 Å². The summed E-state index contributed by atoms with van der Waals surface area (Å²) in [4.78, 5) is 29.5.